The Morgan fingerprint density at radius 1 is 1.40 bits per heavy atom. The maximum atomic E-state index is 5.99. The van der Waals surface area contributed by atoms with Crippen LogP contribution in [-0.4, -0.2) is 11.5 Å². The molecule has 108 valence electrons. The topological polar surface area (TPSA) is 24.9 Å². The Kier molecular flexibility index (Phi) is 4.47. The van der Waals surface area contributed by atoms with Gasteiger partial charge in [0, 0.05) is 11.6 Å². The molecule has 1 aromatic heterocycles. The Bertz CT molecular complexity index is 581. The van der Waals surface area contributed by atoms with Crippen molar-refractivity contribution in [3.63, 3.8) is 0 Å². The van der Waals surface area contributed by atoms with Crippen LogP contribution in [0.4, 0.5) is 5.13 Å². The second kappa shape index (κ2) is 6.31. The monoisotopic (exact) mass is 308 g/mol. The molecular weight excluding hydrogens is 288 g/mol. The molecule has 0 aliphatic heterocycles. The standard InChI is InChI=1S/C16H21ClN2S/c1-11-3-2-4-12(9-11)7-8-18-16-19-14-10-13(17)5-6-15(14)20-16/h5-6,10-12H,2-4,7-9H2,1H3,(H,18,19). The number of thiazole rings is 1. The minimum absolute atomic E-state index is 0.755. The molecule has 0 amide bonds. The van der Waals surface area contributed by atoms with Crippen LogP contribution in [-0.2, 0) is 0 Å². The molecule has 2 unspecified atom stereocenters. The highest BCUT2D eigenvalue weighted by atomic mass is 35.5. The van der Waals surface area contributed by atoms with Crippen molar-refractivity contribution in [1.29, 1.82) is 0 Å². The molecule has 2 aromatic rings. The summed E-state index contributed by atoms with van der Waals surface area (Å²) >= 11 is 7.70. The van der Waals surface area contributed by atoms with Gasteiger partial charge in [0.2, 0.25) is 0 Å². The predicted molar refractivity (Wildman–Crippen MR) is 88.9 cm³/mol. The van der Waals surface area contributed by atoms with Crippen LogP contribution in [0, 0.1) is 11.8 Å². The van der Waals surface area contributed by atoms with Gasteiger partial charge in [-0.05, 0) is 42.9 Å². The van der Waals surface area contributed by atoms with Gasteiger partial charge in [0.25, 0.3) is 0 Å². The van der Waals surface area contributed by atoms with Crippen LogP contribution in [0.3, 0.4) is 0 Å². The van der Waals surface area contributed by atoms with E-state index in [4.69, 9.17) is 11.6 Å². The molecule has 2 atom stereocenters. The molecule has 0 radical (unpaired) electrons. The van der Waals surface area contributed by atoms with E-state index in [9.17, 15) is 0 Å². The highest BCUT2D eigenvalue weighted by Gasteiger charge is 2.18. The van der Waals surface area contributed by atoms with Gasteiger partial charge < -0.3 is 5.32 Å². The number of benzene rings is 1. The van der Waals surface area contributed by atoms with Crippen molar-refractivity contribution in [1.82, 2.24) is 4.98 Å². The molecule has 1 aromatic carbocycles. The van der Waals surface area contributed by atoms with E-state index in [0.717, 1.165) is 34.1 Å². The third-order valence-corrected chi connectivity index (χ3v) is 5.45. The van der Waals surface area contributed by atoms with Gasteiger partial charge in [-0.2, -0.15) is 0 Å². The lowest BCUT2D eigenvalue weighted by atomic mass is 9.81. The maximum absolute atomic E-state index is 5.99. The lowest BCUT2D eigenvalue weighted by Gasteiger charge is -2.26. The molecule has 1 fully saturated rings. The SMILES string of the molecule is CC1CCCC(CCNc2nc3cc(Cl)ccc3s2)C1. The normalized spacial score (nSPS) is 23.1. The fraction of sp³-hybridized carbons (Fsp3) is 0.562. The van der Waals surface area contributed by atoms with E-state index in [1.165, 1.54) is 36.8 Å². The number of aromatic nitrogens is 1. The third-order valence-electron chi connectivity index (χ3n) is 4.22. The second-order valence-corrected chi connectivity index (χ2v) is 7.45. The summed E-state index contributed by atoms with van der Waals surface area (Å²) in [6, 6.07) is 5.90. The summed E-state index contributed by atoms with van der Waals surface area (Å²) in [6.45, 7) is 3.42. The van der Waals surface area contributed by atoms with Crippen LogP contribution in [0.25, 0.3) is 10.2 Å². The molecule has 1 saturated carbocycles. The largest absolute Gasteiger partial charge is 0.361 e. The number of nitrogens with one attached hydrogen (secondary N) is 1. The molecule has 2 nitrogen and oxygen atoms in total. The van der Waals surface area contributed by atoms with Gasteiger partial charge in [-0.25, -0.2) is 4.98 Å². The summed E-state index contributed by atoms with van der Waals surface area (Å²) in [5, 5.41) is 5.25. The zero-order chi connectivity index (χ0) is 13.9. The maximum Gasteiger partial charge on any atom is 0.183 e. The highest BCUT2D eigenvalue weighted by molar-refractivity contribution is 7.22. The van der Waals surface area contributed by atoms with Crippen LogP contribution in [0.1, 0.15) is 39.0 Å². The fourth-order valence-corrected chi connectivity index (χ4v) is 4.22. The first-order chi connectivity index (χ1) is 9.70. The van der Waals surface area contributed by atoms with E-state index in [1.54, 1.807) is 11.3 Å². The third kappa shape index (κ3) is 3.44. The first-order valence-corrected chi connectivity index (χ1v) is 8.70. The molecule has 0 bridgehead atoms. The van der Waals surface area contributed by atoms with E-state index in [2.05, 4.69) is 17.2 Å². The van der Waals surface area contributed by atoms with Crippen LogP contribution in [0.5, 0.6) is 0 Å². The molecule has 1 aliphatic rings. The summed E-state index contributed by atoms with van der Waals surface area (Å²) in [7, 11) is 0. The lowest BCUT2D eigenvalue weighted by molar-refractivity contribution is 0.274. The zero-order valence-electron chi connectivity index (χ0n) is 11.9. The number of hydrogen-bond acceptors (Lipinski definition) is 3. The van der Waals surface area contributed by atoms with Crippen molar-refractivity contribution in [2.45, 2.75) is 39.0 Å². The van der Waals surface area contributed by atoms with Crippen molar-refractivity contribution < 1.29 is 0 Å². The van der Waals surface area contributed by atoms with Gasteiger partial charge in [-0.15, -0.1) is 0 Å². The first-order valence-electron chi connectivity index (χ1n) is 7.50. The molecule has 3 rings (SSSR count). The molecule has 1 aliphatic carbocycles. The summed E-state index contributed by atoms with van der Waals surface area (Å²) in [5.74, 6) is 1.81. The van der Waals surface area contributed by atoms with Crippen molar-refractivity contribution in [3.05, 3.63) is 23.2 Å². The quantitative estimate of drug-likeness (QED) is 0.797. The summed E-state index contributed by atoms with van der Waals surface area (Å²) in [6.07, 6.45) is 6.90. The lowest BCUT2D eigenvalue weighted by Crippen LogP contribution is -2.16. The Balaban J connectivity index is 1.54. The summed E-state index contributed by atoms with van der Waals surface area (Å²) in [4.78, 5) is 4.59. The van der Waals surface area contributed by atoms with Gasteiger partial charge in [0.1, 0.15) is 0 Å². The number of nitrogens with zero attached hydrogens (tertiary/aromatic N) is 1. The Morgan fingerprint density at radius 2 is 2.30 bits per heavy atom. The molecule has 0 saturated heterocycles. The van der Waals surface area contributed by atoms with E-state index in [0.29, 0.717) is 0 Å². The van der Waals surface area contributed by atoms with E-state index in [-0.39, 0.29) is 0 Å². The molecule has 20 heavy (non-hydrogen) atoms. The summed E-state index contributed by atoms with van der Waals surface area (Å²) in [5.41, 5.74) is 0.997. The number of halogens is 1. The second-order valence-electron chi connectivity index (χ2n) is 5.98. The van der Waals surface area contributed by atoms with Crippen LogP contribution < -0.4 is 5.32 Å². The van der Waals surface area contributed by atoms with Crippen LogP contribution >= 0.6 is 22.9 Å². The van der Waals surface area contributed by atoms with Crippen molar-refractivity contribution >= 4 is 38.3 Å². The Labute approximate surface area is 129 Å². The fourth-order valence-electron chi connectivity index (χ4n) is 3.18. The van der Waals surface area contributed by atoms with Gasteiger partial charge in [0.05, 0.1) is 10.2 Å². The number of anilines is 1. The number of fused-ring (bicyclic) bond motifs is 1. The van der Waals surface area contributed by atoms with Crippen LogP contribution in [0.15, 0.2) is 18.2 Å². The zero-order valence-corrected chi connectivity index (χ0v) is 13.4. The van der Waals surface area contributed by atoms with Crippen molar-refractivity contribution in [2.24, 2.45) is 11.8 Å². The molecule has 4 heteroatoms. The first kappa shape index (κ1) is 14.2. The van der Waals surface area contributed by atoms with Gasteiger partial charge in [-0.3, -0.25) is 0 Å². The number of hydrogen-bond donors (Lipinski definition) is 1. The smallest absolute Gasteiger partial charge is 0.183 e. The molecule has 1 heterocycles. The molecule has 1 N–H and O–H groups in total. The minimum Gasteiger partial charge on any atom is -0.361 e. The van der Waals surface area contributed by atoms with E-state index in [1.807, 2.05) is 18.2 Å². The van der Waals surface area contributed by atoms with Crippen molar-refractivity contribution in [3.8, 4) is 0 Å². The average Bonchev–Trinajstić information content (AvgIpc) is 2.80. The molecule has 0 spiro atoms. The highest BCUT2D eigenvalue weighted by Crippen LogP contribution is 2.31. The number of rotatable bonds is 4. The minimum atomic E-state index is 0.755. The van der Waals surface area contributed by atoms with Gasteiger partial charge >= 0.3 is 0 Å². The van der Waals surface area contributed by atoms with Crippen LogP contribution in [0.2, 0.25) is 5.02 Å². The van der Waals surface area contributed by atoms with E-state index >= 15 is 0 Å². The van der Waals surface area contributed by atoms with E-state index < -0.39 is 0 Å². The van der Waals surface area contributed by atoms with Gasteiger partial charge in [-0.1, -0.05) is 49.1 Å². The van der Waals surface area contributed by atoms with Gasteiger partial charge in [0.15, 0.2) is 5.13 Å². The summed E-state index contributed by atoms with van der Waals surface area (Å²) < 4.78 is 1.20. The molecular formula is C16H21ClN2S. The Morgan fingerprint density at radius 3 is 3.15 bits per heavy atom. The van der Waals surface area contributed by atoms with Crippen molar-refractivity contribution in [2.75, 3.05) is 11.9 Å². The average molecular weight is 309 g/mol. The predicted octanol–water partition coefficient (Wildman–Crippen LogP) is 5.58. The Hall–Kier alpha value is -0.800.